The topological polar surface area (TPSA) is 38.9 Å². The molecule has 1 aromatic carbocycles. The molecule has 0 amide bonds. The summed E-state index contributed by atoms with van der Waals surface area (Å²) >= 11 is 0. The minimum absolute atomic E-state index is 0.763. The molecule has 0 spiro atoms. The third-order valence-corrected chi connectivity index (χ3v) is 2.11. The highest BCUT2D eigenvalue weighted by atomic mass is 14.7. The summed E-state index contributed by atoms with van der Waals surface area (Å²) in [6.07, 6.45) is 0. The number of aryl methyl sites for hydroxylation is 2. The monoisotopic (exact) mass is 172 g/mol. The van der Waals surface area contributed by atoms with Gasteiger partial charge in [0.05, 0.1) is 11.2 Å². The first-order chi connectivity index (χ1) is 6.16. The Hall–Kier alpha value is -1.57. The lowest BCUT2D eigenvalue weighted by molar-refractivity contribution is 1.25. The van der Waals surface area contributed by atoms with Gasteiger partial charge in [-0.25, -0.2) is 0 Å². The number of hydrogen-bond acceptors (Lipinski definition) is 2. The first kappa shape index (κ1) is 8.05. The fourth-order valence-electron chi connectivity index (χ4n) is 1.52. The SMILES string of the molecule is Cc1cc(N)c2nc(C)ccc2c1. The fourth-order valence-corrected chi connectivity index (χ4v) is 1.52. The average Bonchev–Trinajstić information content (AvgIpc) is 2.06. The van der Waals surface area contributed by atoms with Gasteiger partial charge in [-0.1, -0.05) is 6.07 Å². The third kappa shape index (κ3) is 1.35. The molecular formula is C11H12N2. The molecule has 66 valence electrons. The normalized spacial score (nSPS) is 10.6. The predicted molar refractivity (Wildman–Crippen MR) is 55.6 cm³/mol. The molecule has 1 heterocycles. The number of hydrogen-bond donors (Lipinski definition) is 1. The quantitative estimate of drug-likeness (QED) is 0.620. The molecule has 0 aliphatic rings. The first-order valence-corrected chi connectivity index (χ1v) is 4.30. The number of aromatic nitrogens is 1. The highest BCUT2D eigenvalue weighted by molar-refractivity contribution is 5.90. The van der Waals surface area contributed by atoms with Gasteiger partial charge in [-0.2, -0.15) is 0 Å². The molecule has 0 bridgehead atoms. The van der Waals surface area contributed by atoms with Crippen molar-refractivity contribution in [1.29, 1.82) is 0 Å². The van der Waals surface area contributed by atoms with Crippen LogP contribution in [0, 0.1) is 13.8 Å². The Kier molecular flexibility index (Phi) is 1.69. The van der Waals surface area contributed by atoms with Gasteiger partial charge in [-0.15, -0.1) is 0 Å². The minimum atomic E-state index is 0.763. The van der Waals surface area contributed by atoms with Crippen LogP contribution in [0.2, 0.25) is 0 Å². The molecule has 0 atom stereocenters. The summed E-state index contributed by atoms with van der Waals surface area (Å²) in [4.78, 5) is 4.39. The zero-order valence-corrected chi connectivity index (χ0v) is 7.83. The van der Waals surface area contributed by atoms with Crippen molar-refractivity contribution in [3.05, 3.63) is 35.5 Å². The molecule has 0 saturated carbocycles. The molecule has 0 aliphatic heterocycles. The molecule has 0 radical (unpaired) electrons. The van der Waals surface area contributed by atoms with Crippen molar-refractivity contribution in [3.63, 3.8) is 0 Å². The molecule has 2 N–H and O–H groups in total. The van der Waals surface area contributed by atoms with Gasteiger partial charge in [0.1, 0.15) is 0 Å². The molecule has 2 heteroatoms. The van der Waals surface area contributed by atoms with Crippen molar-refractivity contribution < 1.29 is 0 Å². The van der Waals surface area contributed by atoms with Crippen molar-refractivity contribution >= 4 is 16.6 Å². The molecule has 0 saturated heterocycles. The summed E-state index contributed by atoms with van der Waals surface area (Å²) in [5.74, 6) is 0. The maximum absolute atomic E-state index is 5.86. The van der Waals surface area contributed by atoms with E-state index in [0.29, 0.717) is 0 Å². The van der Waals surface area contributed by atoms with E-state index in [1.54, 1.807) is 0 Å². The second kappa shape index (κ2) is 2.73. The molecule has 1 aromatic heterocycles. The summed E-state index contributed by atoms with van der Waals surface area (Å²) in [7, 11) is 0. The van der Waals surface area contributed by atoms with E-state index in [4.69, 9.17) is 5.73 Å². The summed E-state index contributed by atoms with van der Waals surface area (Å²) < 4.78 is 0. The number of nitrogens with two attached hydrogens (primary N) is 1. The van der Waals surface area contributed by atoms with E-state index in [0.717, 1.165) is 22.3 Å². The van der Waals surface area contributed by atoms with Crippen molar-refractivity contribution in [3.8, 4) is 0 Å². The Morgan fingerprint density at radius 2 is 1.92 bits per heavy atom. The van der Waals surface area contributed by atoms with E-state index in [-0.39, 0.29) is 0 Å². The van der Waals surface area contributed by atoms with Crippen LogP contribution in [0.3, 0.4) is 0 Å². The van der Waals surface area contributed by atoms with Crippen LogP contribution in [0.5, 0.6) is 0 Å². The van der Waals surface area contributed by atoms with Gasteiger partial charge in [0.25, 0.3) is 0 Å². The molecular weight excluding hydrogens is 160 g/mol. The van der Waals surface area contributed by atoms with E-state index in [9.17, 15) is 0 Å². The van der Waals surface area contributed by atoms with Crippen molar-refractivity contribution in [1.82, 2.24) is 4.98 Å². The smallest absolute Gasteiger partial charge is 0.0934 e. The third-order valence-electron chi connectivity index (χ3n) is 2.11. The number of rotatable bonds is 0. The van der Waals surface area contributed by atoms with Crippen LogP contribution < -0.4 is 5.73 Å². The maximum Gasteiger partial charge on any atom is 0.0934 e. The lowest BCUT2D eigenvalue weighted by Gasteiger charge is -2.03. The highest BCUT2D eigenvalue weighted by Gasteiger charge is 2.00. The summed E-state index contributed by atoms with van der Waals surface area (Å²) in [6, 6.07) is 8.11. The molecule has 13 heavy (non-hydrogen) atoms. The van der Waals surface area contributed by atoms with Crippen LogP contribution in [-0.2, 0) is 0 Å². The number of nitrogens with zero attached hydrogens (tertiary/aromatic N) is 1. The Bertz CT molecular complexity index is 461. The van der Waals surface area contributed by atoms with E-state index >= 15 is 0 Å². The summed E-state index contributed by atoms with van der Waals surface area (Å²) in [6.45, 7) is 4.01. The van der Waals surface area contributed by atoms with Gasteiger partial charge in [-0.3, -0.25) is 4.98 Å². The predicted octanol–water partition coefficient (Wildman–Crippen LogP) is 2.43. The first-order valence-electron chi connectivity index (χ1n) is 4.30. The molecule has 2 rings (SSSR count). The summed E-state index contributed by atoms with van der Waals surface area (Å²) in [5, 5.41) is 1.11. The van der Waals surface area contributed by atoms with E-state index in [1.807, 2.05) is 26.0 Å². The lowest BCUT2D eigenvalue weighted by atomic mass is 10.1. The maximum atomic E-state index is 5.86. The molecule has 0 aliphatic carbocycles. The Balaban J connectivity index is 2.87. The number of pyridine rings is 1. The van der Waals surface area contributed by atoms with E-state index in [1.165, 1.54) is 5.56 Å². The number of benzene rings is 1. The van der Waals surface area contributed by atoms with Crippen LogP contribution in [0.4, 0.5) is 5.69 Å². The van der Waals surface area contributed by atoms with Crippen LogP contribution >= 0.6 is 0 Å². The fraction of sp³-hybridized carbons (Fsp3) is 0.182. The van der Waals surface area contributed by atoms with Crippen LogP contribution in [0.15, 0.2) is 24.3 Å². The van der Waals surface area contributed by atoms with Crippen LogP contribution in [-0.4, -0.2) is 4.98 Å². The van der Waals surface area contributed by atoms with Gasteiger partial charge in [0.15, 0.2) is 0 Å². The van der Waals surface area contributed by atoms with Gasteiger partial charge < -0.3 is 5.73 Å². The molecule has 2 nitrogen and oxygen atoms in total. The zero-order valence-electron chi connectivity index (χ0n) is 7.83. The van der Waals surface area contributed by atoms with Gasteiger partial charge in [0, 0.05) is 11.1 Å². The Morgan fingerprint density at radius 3 is 2.69 bits per heavy atom. The van der Waals surface area contributed by atoms with E-state index < -0.39 is 0 Å². The standard InChI is InChI=1S/C11H12N2/c1-7-5-9-4-3-8(2)13-11(9)10(12)6-7/h3-6H,12H2,1-2H3. The number of nitrogen functional groups attached to an aromatic ring is 1. The second-order valence-corrected chi connectivity index (χ2v) is 3.38. The Labute approximate surface area is 77.4 Å². The van der Waals surface area contributed by atoms with Crippen molar-refractivity contribution in [2.24, 2.45) is 0 Å². The van der Waals surface area contributed by atoms with Crippen LogP contribution in [0.25, 0.3) is 10.9 Å². The lowest BCUT2D eigenvalue weighted by Crippen LogP contribution is -1.92. The van der Waals surface area contributed by atoms with Crippen molar-refractivity contribution in [2.45, 2.75) is 13.8 Å². The number of fused-ring (bicyclic) bond motifs is 1. The summed E-state index contributed by atoms with van der Waals surface area (Å²) in [5.41, 5.74) is 9.71. The largest absolute Gasteiger partial charge is 0.397 e. The number of anilines is 1. The van der Waals surface area contributed by atoms with Gasteiger partial charge in [-0.05, 0) is 37.6 Å². The molecule has 2 aromatic rings. The van der Waals surface area contributed by atoms with Gasteiger partial charge >= 0.3 is 0 Å². The highest BCUT2D eigenvalue weighted by Crippen LogP contribution is 2.20. The molecule has 0 fully saturated rings. The minimum Gasteiger partial charge on any atom is -0.397 e. The van der Waals surface area contributed by atoms with Gasteiger partial charge in [0.2, 0.25) is 0 Å². The second-order valence-electron chi connectivity index (χ2n) is 3.38. The Morgan fingerprint density at radius 1 is 1.15 bits per heavy atom. The van der Waals surface area contributed by atoms with E-state index in [2.05, 4.69) is 17.1 Å². The van der Waals surface area contributed by atoms with Crippen molar-refractivity contribution in [2.75, 3.05) is 5.73 Å². The van der Waals surface area contributed by atoms with Crippen LogP contribution in [0.1, 0.15) is 11.3 Å². The molecule has 0 unspecified atom stereocenters. The average molecular weight is 172 g/mol. The zero-order chi connectivity index (χ0) is 9.42.